The molecule has 0 atom stereocenters. The highest BCUT2D eigenvalue weighted by atomic mass is 35.7. The summed E-state index contributed by atoms with van der Waals surface area (Å²) in [5.41, 5.74) is 0.893. The number of ether oxygens (including phenoxy) is 4. The van der Waals surface area contributed by atoms with Crippen molar-refractivity contribution < 1.29 is 52.2 Å². The zero-order valence-electron chi connectivity index (χ0n) is 16.1. The van der Waals surface area contributed by atoms with Crippen LogP contribution in [0.4, 0.5) is 0 Å². The molecule has 0 unspecified atom stereocenters. The molecule has 10 heteroatoms. The molecule has 0 aliphatic rings. The molecule has 1 heterocycles. The number of halogens is 1. The van der Waals surface area contributed by atoms with Gasteiger partial charge in [0.1, 0.15) is 0 Å². The summed E-state index contributed by atoms with van der Waals surface area (Å²) >= 11 is 0. The fourth-order valence-corrected chi connectivity index (χ4v) is 2.58. The van der Waals surface area contributed by atoms with E-state index in [9.17, 15) is 0 Å². The van der Waals surface area contributed by atoms with Gasteiger partial charge in [0.05, 0.1) is 45.5 Å². The zero-order chi connectivity index (χ0) is 21.6. The van der Waals surface area contributed by atoms with Crippen molar-refractivity contribution in [3.8, 4) is 34.3 Å². The van der Waals surface area contributed by atoms with Crippen molar-refractivity contribution in [3.63, 3.8) is 0 Å². The molecule has 0 spiro atoms. The average Bonchev–Trinajstić information content (AvgIpc) is 2.70. The minimum Gasteiger partial charge on any atom is -0.493 e. The molecule has 0 amide bonds. The second-order valence-corrected chi connectivity index (χ2v) is 6.28. The van der Waals surface area contributed by atoms with E-state index >= 15 is 0 Å². The molecule has 3 rings (SSSR count). The van der Waals surface area contributed by atoms with E-state index in [2.05, 4.69) is 0 Å². The van der Waals surface area contributed by atoms with Crippen LogP contribution in [0.5, 0.6) is 23.0 Å². The van der Waals surface area contributed by atoms with E-state index in [0.717, 1.165) is 22.1 Å². The Morgan fingerprint density at radius 2 is 1.14 bits per heavy atom. The maximum Gasteiger partial charge on any atom is 0.360 e. The number of methoxy groups -OCH3 is 4. The molecule has 0 saturated heterocycles. The van der Waals surface area contributed by atoms with Gasteiger partial charge in [-0.2, -0.15) is 0 Å². The van der Waals surface area contributed by atoms with Crippen LogP contribution in [-0.2, 0) is 0 Å². The Hall–Kier alpha value is -2.82. The molecule has 0 saturated carbocycles. The van der Waals surface area contributed by atoms with Gasteiger partial charge in [0.25, 0.3) is 0 Å². The first kappa shape index (κ1) is 22.5. The summed E-state index contributed by atoms with van der Waals surface area (Å²) in [6, 6.07) is 11.4. The standard InChI is InChI=1S/C19H19O5.ClHO4/c1-20-15-6-5-12(7-17(15)21-2)16-8-13-9-18(22-3)19(23-4)10-14(13)11-24-16;2-1(3,4)5/h5-11H,1-4H3;(H,2,3,4,5)/q+1;/p-1. The van der Waals surface area contributed by atoms with Crippen LogP contribution < -0.4 is 37.6 Å². The van der Waals surface area contributed by atoms with E-state index in [0.29, 0.717) is 23.0 Å². The quantitative estimate of drug-likeness (QED) is 0.501. The van der Waals surface area contributed by atoms with E-state index in [-0.39, 0.29) is 0 Å². The molecule has 9 nitrogen and oxygen atoms in total. The van der Waals surface area contributed by atoms with Crippen LogP contribution in [0, 0.1) is 10.2 Å². The molecule has 29 heavy (non-hydrogen) atoms. The third kappa shape index (κ3) is 6.08. The molecular formula is C19H19ClO9. The summed E-state index contributed by atoms with van der Waals surface area (Å²) in [6.07, 6.45) is 1.70. The van der Waals surface area contributed by atoms with Gasteiger partial charge >= 0.3 is 12.0 Å². The first-order chi connectivity index (χ1) is 13.7. The second-order valence-electron chi connectivity index (χ2n) is 5.53. The predicted octanol–water partition coefficient (Wildman–Crippen LogP) is -0.341. The molecule has 0 fully saturated rings. The van der Waals surface area contributed by atoms with Gasteiger partial charge in [-0.1, -0.05) is 0 Å². The molecule has 0 aliphatic carbocycles. The summed E-state index contributed by atoms with van der Waals surface area (Å²) < 4.78 is 61.1. The fraction of sp³-hybridized carbons (Fsp3) is 0.211. The highest BCUT2D eigenvalue weighted by molar-refractivity contribution is 5.87. The molecule has 156 valence electrons. The van der Waals surface area contributed by atoms with Crippen LogP contribution in [0.1, 0.15) is 0 Å². The van der Waals surface area contributed by atoms with Gasteiger partial charge in [0, 0.05) is 17.5 Å². The maximum absolute atomic E-state index is 8.49. The topological polar surface area (TPSA) is 140 Å². The number of fused-ring (bicyclic) bond motifs is 1. The van der Waals surface area contributed by atoms with Crippen LogP contribution in [0.3, 0.4) is 0 Å². The first-order valence-electron chi connectivity index (χ1n) is 8.02. The summed E-state index contributed by atoms with van der Waals surface area (Å²) in [4.78, 5) is 0. The first-order valence-corrected chi connectivity index (χ1v) is 9.25. The van der Waals surface area contributed by atoms with E-state index in [1.807, 2.05) is 36.4 Å². The maximum atomic E-state index is 8.49. The minimum absolute atomic E-state index is 0.651. The summed E-state index contributed by atoms with van der Waals surface area (Å²) in [5, 5.41) is 1.92. The van der Waals surface area contributed by atoms with E-state index < -0.39 is 10.2 Å². The van der Waals surface area contributed by atoms with Gasteiger partial charge in [-0.3, -0.25) is 0 Å². The van der Waals surface area contributed by atoms with Crippen molar-refractivity contribution in [1.29, 1.82) is 0 Å². The van der Waals surface area contributed by atoms with Gasteiger partial charge in [0.15, 0.2) is 23.0 Å². The third-order valence-corrected chi connectivity index (χ3v) is 3.86. The van der Waals surface area contributed by atoms with Crippen LogP contribution >= 0.6 is 0 Å². The SMILES string of the molecule is COc1ccc(-c2cc3cc(OC)c(OC)cc3c[o+]2)cc1OC.[O-][Cl+3]([O-])([O-])[O-]. The van der Waals surface area contributed by atoms with Gasteiger partial charge in [0.2, 0.25) is 0 Å². The van der Waals surface area contributed by atoms with Crippen molar-refractivity contribution >= 4 is 10.8 Å². The Morgan fingerprint density at radius 1 is 0.655 bits per heavy atom. The van der Waals surface area contributed by atoms with Gasteiger partial charge in [-0.15, -0.1) is 10.2 Å². The lowest BCUT2D eigenvalue weighted by molar-refractivity contribution is -2.00. The third-order valence-electron chi connectivity index (χ3n) is 3.86. The largest absolute Gasteiger partial charge is 0.493 e. The van der Waals surface area contributed by atoms with E-state index in [4.69, 9.17) is 42.0 Å². The summed E-state index contributed by atoms with van der Waals surface area (Å²) in [6.45, 7) is 0. The number of hydrogen-bond donors (Lipinski definition) is 0. The van der Waals surface area contributed by atoms with Crippen molar-refractivity contribution in [2.24, 2.45) is 0 Å². The number of hydrogen-bond acceptors (Lipinski definition) is 8. The lowest BCUT2D eigenvalue weighted by Gasteiger charge is -2.17. The van der Waals surface area contributed by atoms with E-state index in [1.54, 1.807) is 34.7 Å². The van der Waals surface area contributed by atoms with Crippen LogP contribution in [0.15, 0.2) is 47.1 Å². The van der Waals surface area contributed by atoms with Crippen molar-refractivity contribution in [3.05, 3.63) is 42.7 Å². The average molecular weight is 427 g/mol. The molecule has 1 aromatic heterocycles. The summed E-state index contributed by atoms with van der Waals surface area (Å²) in [7, 11) is 1.50. The monoisotopic (exact) mass is 426 g/mol. The van der Waals surface area contributed by atoms with E-state index in [1.165, 1.54) is 0 Å². The fourth-order valence-electron chi connectivity index (χ4n) is 2.58. The van der Waals surface area contributed by atoms with Crippen molar-refractivity contribution in [2.75, 3.05) is 28.4 Å². The Labute approximate surface area is 169 Å². The lowest BCUT2D eigenvalue weighted by Crippen LogP contribution is -2.68. The molecule has 0 N–H and O–H groups in total. The molecule has 3 aromatic rings. The highest BCUT2D eigenvalue weighted by Gasteiger charge is 2.17. The molecule has 0 bridgehead atoms. The molecule has 2 aromatic carbocycles. The Balaban J connectivity index is 0.000000537. The van der Waals surface area contributed by atoms with Gasteiger partial charge < -0.3 is 18.9 Å². The Bertz CT molecular complexity index is 964. The van der Waals surface area contributed by atoms with Gasteiger partial charge in [-0.05, 0) is 18.2 Å². The molecular weight excluding hydrogens is 408 g/mol. The Morgan fingerprint density at radius 3 is 1.66 bits per heavy atom. The molecule has 0 radical (unpaired) electrons. The minimum atomic E-state index is -4.94. The van der Waals surface area contributed by atoms with Crippen molar-refractivity contribution in [2.45, 2.75) is 0 Å². The van der Waals surface area contributed by atoms with Gasteiger partial charge in [-0.25, -0.2) is 23.1 Å². The zero-order valence-corrected chi connectivity index (χ0v) is 16.8. The normalized spacial score (nSPS) is 10.8. The van der Waals surface area contributed by atoms with Crippen LogP contribution in [0.2, 0.25) is 0 Å². The predicted molar refractivity (Wildman–Crippen MR) is 92.3 cm³/mol. The summed E-state index contributed by atoms with van der Waals surface area (Å²) in [5.74, 6) is 3.38. The molecule has 0 aliphatic heterocycles. The van der Waals surface area contributed by atoms with Crippen LogP contribution in [0.25, 0.3) is 22.1 Å². The number of benzene rings is 2. The highest BCUT2D eigenvalue weighted by Crippen LogP contribution is 2.36. The Kier molecular flexibility index (Phi) is 7.43. The van der Waals surface area contributed by atoms with Crippen LogP contribution in [-0.4, -0.2) is 28.4 Å². The second kappa shape index (κ2) is 9.59. The lowest BCUT2D eigenvalue weighted by atomic mass is 10.1. The smallest absolute Gasteiger partial charge is 0.360 e. The van der Waals surface area contributed by atoms with Crippen molar-refractivity contribution in [1.82, 2.24) is 0 Å². The number of rotatable bonds is 5.